The summed E-state index contributed by atoms with van der Waals surface area (Å²) < 4.78 is 20.5. The van der Waals surface area contributed by atoms with Gasteiger partial charge in [-0.1, -0.05) is 29.1 Å². The van der Waals surface area contributed by atoms with Crippen molar-refractivity contribution < 1.29 is 14.0 Å². The lowest BCUT2D eigenvalue weighted by Gasteiger charge is -1.99. The lowest BCUT2D eigenvalue weighted by molar-refractivity contribution is 0.266. The van der Waals surface area contributed by atoms with Crippen LogP contribution in [0.4, 0.5) is 4.39 Å². The fourth-order valence-electron chi connectivity index (χ4n) is 1.90. The normalized spacial score (nSPS) is 11.1. The molecule has 0 spiro atoms. The average Bonchev–Trinajstić information content (AvgIpc) is 3.15. The van der Waals surface area contributed by atoms with Crippen molar-refractivity contribution in [3.8, 4) is 11.4 Å². The fraction of sp³-hybridized carbons (Fsp3) is 0.286. The van der Waals surface area contributed by atoms with Crippen molar-refractivity contribution >= 4 is 11.8 Å². The number of rotatable bonds is 5. The molecule has 120 valence electrons. The van der Waals surface area contributed by atoms with Crippen LogP contribution in [0.3, 0.4) is 0 Å². The van der Waals surface area contributed by atoms with Crippen LogP contribution in [0.15, 0.2) is 27.9 Å². The maximum absolute atomic E-state index is 13.6. The molecule has 0 aliphatic carbocycles. The minimum absolute atomic E-state index is 0.173. The van der Waals surface area contributed by atoms with Crippen LogP contribution in [0, 0.1) is 12.7 Å². The Hall–Kier alpha value is -2.26. The molecule has 7 nitrogen and oxygen atoms in total. The van der Waals surface area contributed by atoms with Gasteiger partial charge in [0.2, 0.25) is 11.7 Å². The number of hydrogen-bond donors (Lipinski definition) is 1. The van der Waals surface area contributed by atoms with Gasteiger partial charge in [-0.05, 0) is 18.6 Å². The van der Waals surface area contributed by atoms with Crippen LogP contribution in [0.2, 0.25) is 0 Å². The highest BCUT2D eigenvalue weighted by atomic mass is 32.2. The van der Waals surface area contributed by atoms with Gasteiger partial charge in [0.25, 0.3) is 0 Å². The maximum Gasteiger partial charge on any atom is 0.237 e. The Morgan fingerprint density at radius 1 is 1.35 bits per heavy atom. The standard InChI is InChI=1S/C14H14FN5O2S/c1-8-3-4-9(5-10(8)15)13-16-12(22-19-13)7-23-14-18-17-11(6-21)20(14)2/h3-5,21H,6-7H2,1-2H3. The Labute approximate surface area is 135 Å². The number of nitrogens with zero attached hydrogens (tertiary/aromatic N) is 5. The van der Waals surface area contributed by atoms with Crippen molar-refractivity contribution in [3.63, 3.8) is 0 Å². The summed E-state index contributed by atoms with van der Waals surface area (Å²) in [6.07, 6.45) is 0. The van der Waals surface area contributed by atoms with E-state index in [1.54, 1.807) is 30.7 Å². The molecule has 0 atom stereocenters. The van der Waals surface area contributed by atoms with Crippen LogP contribution in [-0.4, -0.2) is 30.0 Å². The second-order valence-electron chi connectivity index (χ2n) is 4.88. The van der Waals surface area contributed by atoms with Crippen LogP contribution in [0.25, 0.3) is 11.4 Å². The van der Waals surface area contributed by atoms with Gasteiger partial charge in [0.1, 0.15) is 12.4 Å². The molecular weight excluding hydrogens is 321 g/mol. The molecule has 1 aromatic carbocycles. The predicted molar refractivity (Wildman–Crippen MR) is 80.9 cm³/mol. The van der Waals surface area contributed by atoms with Crippen molar-refractivity contribution in [3.05, 3.63) is 41.3 Å². The van der Waals surface area contributed by atoms with Crippen molar-refractivity contribution in [1.82, 2.24) is 24.9 Å². The van der Waals surface area contributed by atoms with Crippen molar-refractivity contribution in [1.29, 1.82) is 0 Å². The predicted octanol–water partition coefficient (Wildman–Crippen LogP) is 2.10. The first-order chi connectivity index (χ1) is 11.1. The number of aromatic nitrogens is 5. The zero-order valence-electron chi connectivity index (χ0n) is 12.5. The molecular formula is C14H14FN5O2S. The molecule has 0 radical (unpaired) electrons. The molecule has 0 fully saturated rings. The Bertz CT molecular complexity index is 832. The average molecular weight is 335 g/mol. The second-order valence-corrected chi connectivity index (χ2v) is 5.82. The number of benzene rings is 1. The molecule has 23 heavy (non-hydrogen) atoms. The van der Waals surface area contributed by atoms with E-state index < -0.39 is 0 Å². The summed E-state index contributed by atoms with van der Waals surface area (Å²) in [6, 6.07) is 4.80. The maximum atomic E-state index is 13.6. The number of aliphatic hydroxyl groups excluding tert-OH is 1. The Kier molecular flexibility index (Phi) is 4.39. The first-order valence-electron chi connectivity index (χ1n) is 6.79. The molecule has 0 saturated carbocycles. The first-order valence-corrected chi connectivity index (χ1v) is 7.78. The lowest BCUT2D eigenvalue weighted by atomic mass is 10.1. The summed E-state index contributed by atoms with van der Waals surface area (Å²) >= 11 is 1.36. The lowest BCUT2D eigenvalue weighted by Crippen LogP contribution is -1.98. The van der Waals surface area contributed by atoms with E-state index in [0.717, 1.165) is 0 Å². The summed E-state index contributed by atoms with van der Waals surface area (Å²) in [6.45, 7) is 1.52. The number of aryl methyl sites for hydroxylation is 1. The highest BCUT2D eigenvalue weighted by Gasteiger charge is 2.13. The van der Waals surface area contributed by atoms with Gasteiger partial charge < -0.3 is 14.2 Å². The zero-order valence-corrected chi connectivity index (χ0v) is 13.3. The summed E-state index contributed by atoms with van der Waals surface area (Å²) in [4.78, 5) is 4.25. The molecule has 0 unspecified atom stereocenters. The van der Waals surface area contributed by atoms with E-state index in [9.17, 15) is 4.39 Å². The number of halogens is 1. The second kappa shape index (κ2) is 6.47. The molecule has 9 heteroatoms. The molecule has 2 heterocycles. The summed E-state index contributed by atoms with van der Waals surface area (Å²) in [5.41, 5.74) is 1.13. The van der Waals surface area contributed by atoms with E-state index in [2.05, 4.69) is 20.3 Å². The van der Waals surface area contributed by atoms with Gasteiger partial charge in [-0.3, -0.25) is 0 Å². The van der Waals surface area contributed by atoms with E-state index >= 15 is 0 Å². The quantitative estimate of drug-likeness (QED) is 0.714. The summed E-state index contributed by atoms with van der Waals surface area (Å²) in [7, 11) is 1.77. The molecule has 3 rings (SSSR count). The van der Waals surface area contributed by atoms with Crippen molar-refractivity contribution in [2.45, 2.75) is 24.4 Å². The van der Waals surface area contributed by atoms with Crippen LogP contribution in [0.5, 0.6) is 0 Å². The Balaban J connectivity index is 1.71. The van der Waals surface area contributed by atoms with Crippen LogP contribution >= 0.6 is 11.8 Å². The zero-order chi connectivity index (χ0) is 16.4. The number of thioether (sulfide) groups is 1. The first kappa shape index (κ1) is 15.6. The number of hydrogen-bond acceptors (Lipinski definition) is 7. The van der Waals surface area contributed by atoms with Crippen LogP contribution in [-0.2, 0) is 19.4 Å². The minimum atomic E-state index is -0.307. The number of aliphatic hydroxyl groups is 1. The van der Waals surface area contributed by atoms with Crippen molar-refractivity contribution in [2.75, 3.05) is 0 Å². The minimum Gasteiger partial charge on any atom is -0.388 e. The van der Waals surface area contributed by atoms with Gasteiger partial charge in [0.05, 0.1) is 5.75 Å². The third-order valence-corrected chi connectivity index (χ3v) is 4.29. The van der Waals surface area contributed by atoms with Crippen LogP contribution < -0.4 is 0 Å². The van der Waals surface area contributed by atoms with Gasteiger partial charge >= 0.3 is 0 Å². The van der Waals surface area contributed by atoms with E-state index in [-0.39, 0.29) is 12.4 Å². The van der Waals surface area contributed by atoms with E-state index in [1.807, 2.05) is 0 Å². The molecule has 3 aromatic rings. The van der Waals surface area contributed by atoms with Gasteiger partial charge in [-0.15, -0.1) is 10.2 Å². The Morgan fingerprint density at radius 2 is 2.17 bits per heavy atom. The molecule has 0 aliphatic rings. The van der Waals surface area contributed by atoms with Gasteiger partial charge in [-0.2, -0.15) is 4.98 Å². The SMILES string of the molecule is Cc1ccc(-c2noc(CSc3nnc(CO)n3C)n2)cc1F. The highest BCUT2D eigenvalue weighted by molar-refractivity contribution is 7.98. The molecule has 0 bridgehead atoms. The third kappa shape index (κ3) is 3.25. The molecule has 0 aliphatic heterocycles. The molecule has 2 aromatic heterocycles. The smallest absolute Gasteiger partial charge is 0.237 e. The van der Waals surface area contributed by atoms with Crippen LogP contribution in [0.1, 0.15) is 17.3 Å². The van der Waals surface area contributed by atoms with E-state index in [0.29, 0.717) is 39.6 Å². The summed E-state index contributed by atoms with van der Waals surface area (Å²) in [5, 5.41) is 21.4. The Morgan fingerprint density at radius 3 is 2.87 bits per heavy atom. The largest absolute Gasteiger partial charge is 0.388 e. The van der Waals surface area contributed by atoms with Crippen molar-refractivity contribution in [2.24, 2.45) is 7.05 Å². The third-order valence-electron chi connectivity index (χ3n) is 3.29. The molecule has 0 saturated heterocycles. The van der Waals surface area contributed by atoms with E-state index in [4.69, 9.17) is 9.63 Å². The monoisotopic (exact) mass is 335 g/mol. The fourth-order valence-corrected chi connectivity index (χ4v) is 2.66. The highest BCUT2D eigenvalue weighted by Crippen LogP contribution is 2.23. The van der Waals surface area contributed by atoms with Gasteiger partial charge in [-0.25, -0.2) is 4.39 Å². The van der Waals surface area contributed by atoms with Gasteiger partial charge in [0.15, 0.2) is 11.0 Å². The summed E-state index contributed by atoms with van der Waals surface area (Å²) in [5.74, 6) is 1.32. The molecule has 0 amide bonds. The topological polar surface area (TPSA) is 89.9 Å². The van der Waals surface area contributed by atoms with Gasteiger partial charge in [0, 0.05) is 12.6 Å². The molecule has 1 N–H and O–H groups in total. The van der Waals surface area contributed by atoms with E-state index in [1.165, 1.54) is 17.8 Å².